The van der Waals surface area contributed by atoms with Crippen LogP contribution in [-0.4, -0.2) is 48.4 Å². The van der Waals surface area contributed by atoms with Crippen molar-refractivity contribution in [2.75, 3.05) is 31.6 Å². The number of benzene rings is 3. The predicted molar refractivity (Wildman–Crippen MR) is 168 cm³/mol. The molecule has 1 aliphatic rings. The third-order valence-electron chi connectivity index (χ3n) is 7.88. The largest absolute Gasteiger partial charge is 0.507 e. The summed E-state index contributed by atoms with van der Waals surface area (Å²) in [6.07, 6.45) is 1.53. The SMILES string of the molecule is CC(C)(C)c1cc(CCc2ccccc2NC(=O)NCC2COCCN2Cc2ccc(F)cc2)cc(C(C)(C)C)c1O. The van der Waals surface area contributed by atoms with Crippen LogP contribution in [0.5, 0.6) is 5.75 Å². The van der Waals surface area contributed by atoms with E-state index in [9.17, 15) is 14.3 Å². The minimum Gasteiger partial charge on any atom is -0.507 e. The van der Waals surface area contributed by atoms with Crippen LogP contribution in [0.4, 0.5) is 14.9 Å². The number of morpholine rings is 1. The van der Waals surface area contributed by atoms with Gasteiger partial charge in [0.05, 0.1) is 19.3 Å². The fourth-order valence-electron chi connectivity index (χ4n) is 5.41. The fraction of sp³-hybridized carbons (Fsp3) is 0.457. The molecule has 1 saturated heterocycles. The Morgan fingerprint density at radius 2 is 1.60 bits per heavy atom. The first-order chi connectivity index (χ1) is 19.8. The van der Waals surface area contributed by atoms with Gasteiger partial charge in [-0.2, -0.15) is 0 Å². The Kier molecular flexibility index (Phi) is 9.95. The van der Waals surface area contributed by atoms with Gasteiger partial charge in [0.15, 0.2) is 0 Å². The number of anilines is 1. The number of ether oxygens (including phenoxy) is 1. The van der Waals surface area contributed by atoms with Crippen LogP contribution in [0.2, 0.25) is 0 Å². The normalized spacial score (nSPS) is 16.3. The van der Waals surface area contributed by atoms with Gasteiger partial charge >= 0.3 is 6.03 Å². The maximum atomic E-state index is 13.3. The number of urea groups is 1. The van der Waals surface area contributed by atoms with Gasteiger partial charge < -0.3 is 20.5 Å². The van der Waals surface area contributed by atoms with Crippen LogP contribution in [0.1, 0.15) is 69.4 Å². The highest BCUT2D eigenvalue weighted by molar-refractivity contribution is 5.90. The van der Waals surface area contributed by atoms with Crippen LogP contribution < -0.4 is 10.6 Å². The highest BCUT2D eigenvalue weighted by Gasteiger charge is 2.27. The number of hydrogen-bond acceptors (Lipinski definition) is 4. The Labute approximate surface area is 250 Å². The molecule has 0 aromatic heterocycles. The summed E-state index contributed by atoms with van der Waals surface area (Å²) >= 11 is 0. The van der Waals surface area contributed by atoms with E-state index >= 15 is 0 Å². The Bertz CT molecular complexity index is 1320. The Morgan fingerprint density at radius 3 is 2.24 bits per heavy atom. The number of nitrogens with one attached hydrogen (secondary N) is 2. The van der Waals surface area contributed by atoms with Crippen LogP contribution in [0.25, 0.3) is 0 Å². The van der Waals surface area contributed by atoms with E-state index in [1.54, 1.807) is 12.1 Å². The van der Waals surface area contributed by atoms with Crippen molar-refractivity contribution in [2.24, 2.45) is 0 Å². The predicted octanol–water partition coefficient (Wildman–Crippen LogP) is 6.93. The number of phenolic OH excluding ortho intramolecular Hbond substituents is 1. The summed E-state index contributed by atoms with van der Waals surface area (Å²) in [5.74, 6) is 0.139. The minimum absolute atomic E-state index is 0.0216. The summed E-state index contributed by atoms with van der Waals surface area (Å²) in [4.78, 5) is 15.2. The van der Waals surface area contributed by atoms with E-state index in [1.807, 2.05) is 24.3 Å². The minimum atomic E-state index is -0.260. The Morgan fingerprint density at radius 1 is 0.952 bits per heavy atom. The number of aromatic hydroxyl groups is 1. The second kappa shape index (κ2) is 13.3. The third kappa shape index (κ3) is 8.33. The molecule has 6 nitrogen and oxygen atoms in total. The summed E-state index contributed by atoms with van der Waals surface area (Å²) < 4.78 is 19.0. The summed E-state index contributed by atoms with van der Waals surface area (Å²) in [5.41, 5.74) is 5.57. The third-order valence-corrected chi connectivity index (χ3v) is 7.88. The quantitative estimate of drug-likeness (QED) is 0.272. The van der Waals surface area contributed by atoms with Gasteiger partial charge in [0.1, 0.15) is 11.6 Å². The van der Waals surface area contributed by atoms with Crippen molar-refractivity contribution in [1.29, 1.82) is 0 Å². The maximum Gasteiger partial charge on any atom is 0.319 e. The smallest absolute Gasteiger partial charge is 0.319 e. The number of amides is 2. The Balaban J connectivity index is 1.40. The molecule has 1 heterocycles. The first kappa shape index (κ1) is 31.5. The van der Waals surface area contributed by atoms with Crippen molar-refractivity contribution in [3.63, 3.8) is 0 Å². The van der Waals surface area contributed by atoms with E-state index in [2.05, 4.69) is 69.2 Å². The maximum absolute atomic E-state index is 13.3. The van der Waals surface area contributed by atoms with Crippen LogP contribution in [-0.2, 0) is 35.0 Å². The average Bonchev–Trinajstić information content (AvgIpc) is 2.92. The number of carbonyl (C=O) groups is 1. The van der Waals surface area contributed by atoms with Crippen molar-refractivity contribution < 1.29 is 19.0 Å². The molecule has 42 heavy (non-hydrogen) atoms. The lowest BCUT2D eigenvalue weighted by Gasteiger charge is -2.35. The van der Waals surface area contributed by atoms with Gasteiger partial charge in [-0.1, -0.05) is 84.0 Å². The van der Waals surface area contributed by atoms with Gasteiger partial charge in [-0.05, 0) is 69.7 Å². The van der Waals surface area contributed by atoms with E-state index < -0.39 is 0 Å². The summed E-state index contributed by atoms with van der Waals surface area (Å²) in [6.45, 7) is 15.8. The van der Waals surface area contributed by atoms with Crippen LogP contribution in [0, 0.1) is 5.82 Å². The molecule has 0 aliphatic carbocycles. The number of para-hydroxylation sites is 1. The first-order valence-electron chi connectivity index (χ1n) is 14.9. The molecule has 0 spiro atoms. The molecule has 3 aromatic rings. The second-order valence-corrected chi connectivity index (χ2v) is 13.4. The number of halogens is 1. The lowest BCUT2D eigenvalue weighted by atomic mass is 9.78. The lowest BCUT2D eigenvalue weighted by molar-refractivity contribution is -0.00983. The zero-order valence-corrected chi connectivity index (χ0v) is 25.9. The first-order valence-corrected chi connectivity index (χ1v) is 14.9. The highest BCUT2D eigenvalue weighted by atomic mass is 19.1. The standard InChI is InChI=1S/C35H46FN3O3/c1-34(2,3)29-19-25(20-30(32(29)40)35(4,5)6)11-14-26-9-7-8-10-31(26)38-33(41)37-21-28-23-42-18-17-39(28)22-24-12-15-27(36)16-13-24/h7-10,12-13,15-16,19-20,28,40H,11,14,17-18,21-23H2,1-6H3,(H2,37,38,41). The molecule has 1 aliphatic heterocycles. The Hall–Kier alpha value is -3.42. The van der Waals surface area contributed by atoms with Gasteiger partial charge in [0, 0.05) is 25.3 Å². The van der Waals surface area contributed by atoms with Crippen molar-refractivity contribution in [1.82, 2.24) is 10.2 Å². The molecule has 0 bridgehead atoms. The summed E-state index contributed by atoms with van der Waals surface area (Å²) in [7, 11) is 0. The van der Waals surface area contributed by atoms with Gasteiger partial charge in [-0.15, -0.1) is 0 Å². The number of carbonyl (C=O) groups excluding carboxylic acids is 1. The van der Waals surface area contributed by atoms with Gasteiger partial charge in [-0.25, -0.2) is 9.18 Å². The molecule has 3 aromatic carbocycles. The molecule has 1 unspecified atom stereocenters. The van der Waals surface area contributed by atoms with Crippen molar-refractivity contribution >= 4 is 11.7 Å². The molecule has 3 N–H and O–H groups in total. The van der Waals surface area contributed by atoms with Crippen LogP contribution >= 0.6 is 0 Å². The molecule has 1 atom stereocenters. The molecule has 0 radical (unpaired) electrons. The molecular formula is C35H46FN3O3. The highest BCUT2D eigenvalue weighted by Crippen LogP contribution is 2.40. The summed E-state index contributed by atoms with van der Waals surface area (Å²) in [5, 5.41) is 17.1. The average molecular weight is 576 g/mol. The van der Waals surface area contributed by atoms with Gasteiger partial charge in [0.25, 0.3) is 0 Å². The van der Waals surface area contributed by atoms with Gasteiger partial charge in [-0.3, -0.25) is 4.90 Å². The van der Waals surface area contributed by atoms with Crippen LogP contribution in [0.3, 0.4) is 0 Å². The van der Waals surface area contributed by atoms with Gasteiger partial charge in [0.2, 0.25) is 0 Å². The second-order valence-electron chi connectivity index (χ2n) is 13.4. The van der Waals surface area contributed by atoms with Crippen LogP contribution in [0.15, 0.2) is 60.7 Å². The topological polar surface area (TPSA) is 73.8 Å². The lowest BCUT2D eigenvalue weighted by Crippen LogP contribution is -2.51. The van der Waals surface area contributed by atoms with E-state index in [-0.39, 0.29) is 28.7 Å². The van der Waals surface area contributed by atoms with Crippen molar-refractivity contribution in [3.8, 4) is 5.75 Å². The number of phenols is 1. The van der Waals surface area contributed by atoms with Crippen molar-refractivity contribution in [2.45, 2.75) is 77.8 Å². The zero-order chi connectivity index (χ0) is 30.5. The number of rotatable bonds is 8. The van der Waals surface area contributed by atoms with E-state index in [4.69, 9.17) is 4.74 Å². The molecule has 0 saturated carbocycles. The van der Waals surface area contributed by atoms with Crippen molar-refractivity contribution in [3.05, 3.63) is 94.3 Å². The molecule has 2 amide bonds. The molecular weight excluding hydrogens is 529 g/mol. The molecule has 4 rings (SSSR count). The number of nitrogens with zero attached hydrogens (tertiary/aromatic N) is 1. The number of hydrogen-bond donors (Lipinski definition) is 3. The molecule has 1 fully saturated rings. The number of aryl methyl sites for hydroxylation is 2. The molecule has 7 heteroatoms. The fourth-order valence-corrected chi connectivity index (χ4v) is 5.41. The molecule has 226 valence electrons. The zero-order valence-electron chi connectivity index (χ0n) is 25.9. The monoisotopic (exact) mass is 575 g/mol. The van der Waals surface area contributed by atoms with E-state index in [1.165, 1.54) is 17.7 Å². The van der Waals surface area contributed by atoms with E-state index in [0.717, 1.165) is 47.3 Å². The van der Waals surface area contributed by atoms with E-state index in [0.29, 0.717) is 32.1 Å². The summed E-state index contributed by atoms with van der Waals surface area (Å²) in [6, 6.07) is 18.4.